The summed E-state index contributed by atoms with van der Waals surface area (Å²) in [5.41, 5.74) is 0. The largest absolute Gasteiger partial charge is 0.771 e. The fourth-order valence-corrected chi connectivity index (χ4v) is 0.667. The summed E-state index contributed by atoms with van der Waals surface area (Å²) in [7, 11) is 0. The van der Waals surface area contributed by atoms with E-state index in [1.54, 1.807) is 0 Å². The van der Waals surface area contributed by atoms with Gasteiger partial charge in [0, 0.05) is 12.4 Å². The molecule has 0 aliphatic heterocycles. The normalized spacial score (nSPS) is 13.8. The zero-order valence-corrected chi connectivity index (χ0v) is 5.80. The Hall–Kier alpha value is 0.360. The molecule has 1 unspecified atom stereocenters. The van der Waals surface area contributed by atoms with Gasteiger partial charge in [-0.2, -0.15) is 0 Å². The first kappa shape index (κ1) is 8.36. The fraction of sp³-hybridized carbons (Fsp3) is 1.00. The van der Waals surface area contributed by atoms with Gasteiger partial charge in [0.1, 0.15) is 0 Å². The molecule has 0 bridgehead atoms. The Kier molecular flexibility index (Phi) is 5.74. The molecule has 5 heteroatoms. The van der Waals surface area contributed by atoms with E-state index >= 15 is 0 Å². The van der Waals surface area contributed by atoms with Gasteiger partial charge in [0.25, 0.3) is 0 Å². The molecule has 0 heterocycles. The zero-order valence-electron chi connectivity index (χ0n) is 4.22. The predicted molar refractivity (Wildman–Crippen MR) is 32.5 cm³/mol. The molecule has 0 spiro atoms. The summed E-state index contributed by atoms with van der Waals surface area (Å²) in [6.45, 7) is 0.537. The molecule has 0 radical (unpaired) electrons. The monoisotopic (exact) mass is 156 g/mol. The maximum Gasteiger partial charge on any atom is 0.0588 e. The molecule has 0 amide bonds. The van der Waals surface area contributed by atoms with Crippen LogP contribution in [0.25, 0.3) is 0 Å². The summed E-state index contributed by atoms with van der Waals surface area (Å²) >= 11 is 3.23. The van der Waals surface area contributed by atoms with Gasteiger partial charge in [-0.1, -0.05) is 0 Å². The quantitative estimate of drug-likeness (QED) is 0.344. The zero-order chi connectivity index (χ0) is 6.41. The van der Waals surface area contributed by atoms with E-state index in [9.17, 15) is 8.76 Å². The first-order valence-electron chi connectivity index (χ1n) is 2.10. The molecule has 1 N–H and O–H groups in total. The van der Waals surface area contributed by atoms with E-state index in [4.69, 9.17) is 11.6 Å². The van der Waals surface area contributed by atoms with Crippen LogP contribution in [0.4, 0.5) is 0 Å². The van der Waals surface area contributed by atoms with Gasteiger partial charge in [0.05, 0.1) is 5.88 Å². The van der Waals surface area contributed by atoms with Crippen molar-refractivity contribution in [3.63, 3.8) is 0 Å². The Morgan fingerprint density at radius 1 is 1.75 bits per heavy atom. The van der Waals surface area contributed by atoms with Crippen LogP contribution in [-0.4, -0.2) is 27.1 Å². The molecule has 0 rings (SSSR count). The van der Waals surface area contributed by atoms with Crippen LogP contribution in [0.2, 0.25) is 0 Å². The van der Waals surface area contributed by atoms with Crippen molar-refractivity contribution >= 4 is 22.7 Å². The highest BCUT2D eigenvalue weighted by atomic mass is 35.5. The van der Waals surface area contributed by atoms with Crippen molar-refractivity contribution in [1.82, 2.24) is 5.32 Å². The summed E-state index contributed by atoms with van der Waals surface area (Å²) < 4.78 is 19.5. The van der Waals surface area contributed by atoms with Crippen molar-refractivity contribution in [3.05, 3.63) is 0 Å². The van der Waals surface area contributed by atoms with Crippen molar-refractivity contribution in [2.75, 3.05) is 18.3 Å². The number of alkyl halides is 1. The van der Waals surface area contributed by atoms with Crippen molar-refractivity contribution in [2.45, 2.75) is 0 Å². The third-order valence-corrected chi connectivity index (χ3v) is 1.12. The highest BCUT2D eigenvalue weighted by Crippen LogP contribution is 1.70. The minimum absolute atomic E-state index is 0.00722. The Morgan fingerprint density at radius 3 is 2.75 bits per heavy atom. The van der Waals surface area contributed by atoms with Gasteiger partial charge >= 0.3 is 0 Å². The van der Waals surface area contributed by atoms with Crippen molar-refractivity contribution in [2.24, 2.45) is 0 Å². The van der Waals surface area contributed by atoms with Crippen molar-refractivity contribution in [3.8, 4) is 0 Å². The van der Waals surface area contributed by atoms with Crippen molar-refractivity contribution < 1.29 is 8.76 Å². The SMILES string of the molecule is O=S([O-])CNCCCl. The van der Waals surface area contributed by atoms with Gasteiger partial charge in [-0.3, -0.25) is 4.21 Å². The molecule has 1 atom stereocenters. The van der Waals surface area contributed by atoms with E-state index in [2.05, 4.69) is 5.32 Å². The van der Waals surface area contributed by atoms with Crippen LogP contribution in [0.15, 0.2) is 0 Å². The van der Waals surface area contributed by atoms with Crippen molar-refractivity contribution in [1.29, 1.82) is 0 Å². The summed E-state index contributed by atoms with van der Waals surface area (Å²) in [5, 5.41) is 2.59. The summed E-state index contributed by atoms with van der Waals surface area (Å²) in [6.07, 6.45) is 0. The molecular weight excluding hydrogens is 150 g/mol. The second kappa shape index (κ2) is 5.50. The highest BCUT2D eigenvalue weighted by molar-refractivity contribution is 7.79. The Bertz CT molecular complexity index is 79.7. The maximum absolute atomic E-state index is 9.77. The first-order valence-corrected chi connectivity index (χ1v) is 3.87. The predicted octanol–water partition coefficient (Wildman–Crippen LogP) is -0.349. The molecule has 0 aromatic heterocycles. The van der Waals surface area contributed by atoms with E-state index in [0.29, 0.717) is 12.4 Å². The Morgan fingerprint density at radius 2 is 2.38 bits per heavy atom. The average Bonchev–Trinajstić information content (AvgIpc) is 1.66. The molecule has 50 valence electrons. The molecule has 0 saturated heterocycles. The van der Waals surface area contributed by atoms with Crippen LogP contribution >= 0.6 is 11.6 Å². The number of nitrogens with one attached hydrogen (secondary N) is 1. The number of hydrogen-bond donors (Lipinski definition) is 1. The third kappa shape index (κ3) is 6.36. The van der Waals surface area contributed by atoms with Crippen LogP contribution in [-0.2, 0) is 11.1 Å². The van der Waals surface area contributed by atoms with Gasteiger partial charge in [0.2, 0.25) is 0 Å². The lowest BCUT2D eigenvalue weighted by molar-refractivity contribution is 0.531. The molecule has 0 aliphatic rings. The molecule has 3 nitrogen and oxygen atoms in total. The molecule has 0 saturated carbocycles. The Labute approximate surface area is 55.7 Å². The maximum atomic E-state index is 9.77. The molecule has 8 heavy (non-hydrogen) atoms. The molecule has 0 aromatic carbocycles. The van der Waals surface area contributed by atoms with Gasteiger partial charge in [0.15, 0.2) is 0 Å². The minimum Gasteiger partial charge on any atom is -0.771 e. The first-order chi connectivity index (χ1) is 3.77. The van der Waals surface area contributed by atoms with Gasteiger partial charge < -0.3 is 9.87 Å². The third-order valence-electron chi connectivity index (χ3n) is 0.491. The number of rotatable bonds is 4. The van der Waals surface area contributed by atoms with E-state index < -0.39 is 11.1 Å². The average molecular weight is 157 g/mol. The number of halogens is 1. The van der Waals surface area contributed by atoms with Crippen LogP contribution in [0, 0.1) is 0 Å². The Balaban J connectivity index is 2.82. The van der Waals surface area contributed by atoms with Gasteiger partial charge in [-0.05, 0) is 11.1 Å². The highest BCUT2D eigenvalue weighted by Gasteiger charge is 1.80. The van der Waals surface area contributed by atoms with E-state index in [-0.39, 0.29) is 5.88 Å². The van der Waals surface area contributed by atoms with E-state index in [1.807, 2.05) is 0 Å². The molecule has 0 aliphatic carbocycles. The van der Waals surface area contributed by atoms with Crippen LogP contribution in [0.5, 0.6) is 0 Å². The lowest BCUT2D eigenvalue weighted by Crippen LogP contribution is -2.20. The second-order valence-electron chi connectivity index (χ2n) is 1.14. The number of hydrogen-bond acceptors (Lipinski definition) is 3. The standard InChI is InChI=1S/C3H8ClNO2S/c4-1-2-5-3-8(6)7/h5H,1-3H2,(H,6,7)/p-1. The lowest BCUT2D eigenvalue weighted by atomic mass is 10.8. The summed E-state index contributed by atoms with van der Waals surface area (Å²) in [6, 6.07) is 0. The van der Waals surface area contributed by atoms with Crippen LogP contribution in [0.3, 0.4) is 0 Å². The van der Waals surface area contributed by atoms with Gasteiger partial charge in [-0.15, -0.1) is 11.6 Å². The second-order valence-corrected chi connectivity index (χ2v) is 2.41. The minimum atomic E-state index is -1.99. The van der Waals surface area contributed by atoms with E-state index in [0.717, 1.165) is 0 Å². The van der Waals surface area contributed by atoms with Crippen LogP contribution in [0.1, 0.15) is 0 Å². The summed E-state index contributed by atoms with van der Waals surface area (Å²) in [5.74, 6) is 0.434. The van der Waals surface area contributed by atoms with Gasteiger partial charge in [-0.25, -0.2) is 0 Å². The topological polar surface area (TPSA) is 52.2 Å². The smallest absolute Gasteiger partial charge is 0.0588 e. The van der Waals surface area contributed by atoms with Crippen LogP contribution < -0.4 is 5.32 Å². The summed E-state index contributed by atoms with van der Waals surface area (Å²) in [4.78, 5) is 0. The molecule has 0 fully saturated rings. The van der Waals surface area contributed by atoms with E-state index in [1.165, 1.54) is 0 Å². The fourth-order valence-electron chi connectivity index (χ4n) is 0.222. The molecule has 0 aromatic rings. The molecular formula is C3H7ClNO2S-. The lowest BCUT2D eigenvalue weighted by Gasteiger charge is -2.03.